The molecule has 0 unspecified atom stereocenters. The van der Waals surface area contributed by atoms with E-state index in [1.54, 1.807) is 42.1 Å². The zero-order valence-electron chi connectivity index (χ0n) is 11.3. The van der Waals surface area contributed by atoms with Crippen molar-refractivity contribution >= 4 is 33.4 Å². The van der Waals surface area contributed by atoms with Gasteiger partial charge in [-0.3, -0.25) is 0 Å². The number of hydrogen-bond donors (Lipinski definition) is 1. The van der Waals surface area contributed by atoms with Crippen LogP contribution in [0.2, 0.25) is 5.02 Å². The molecule has 0 radical (unpaired) electrons. The topological polar surface area (TPSA) is 46.2 Å². The monoisotopic (exact) mass is 341 g/mol. The second kappa shape index (κ2) is 7.84. The number of sulfonamides is 1. The highest BCUT2D eigenvalue weighted by atomic mass is 35.5. The lowest BCUT2D eigenvalue weighted by Crippen LogP contribution is -2.26. The highest BCUT2D eigenvalue weighted by Gasteiger charge is 2.11. The molecule has 0 saturated carbocycles. The molecule has 0 aliphatic carbocycles. The van der Waals surface area contributed by atoms with Crippen LogP contribution in [-0.2, 0) is 15.8 Å². The molecule has 0 saturated heterocycles. The molecule has 0 aromatic heterocycles. The maximum atomic E-state index is 12.0. The van der Waals surface area contributed by atoms with Gasteiger partial charge in [-0.25, -0.2) is 13.1 Å². The van der Waals surface area contributed by atoms with Gasteiger partial charge in [-0.2, -0.15) is 11.8 Å². The molecule has 0 heterocycles. The fourth-order valence-corrected chi connectivity index (χ4v) is 3.95. The molecule has 2 aromatic carbocycles. The summed E-state index contributed by atoms with van der Waals surface area (Å²) in [5.41, 5.74) is 1.14. The molecule has 0 fully saturated rings. The van der Waals surface area contributed by atoms with E-state index in [1.165, 1.54) is 0 Å². The van der Waals surface area contributed by atoms with Crippen molar-refractivity contribution in [2.45, 2.75) is 10.6 Å². The number of thioether (sulfide) groups is 1. The molecule has 21 heavy (non-hydrogen) atoms. The first-order chi connectivity index (χ1) is 10.1. The molecule has 0 aliphatic heterocycles. The number of halogens is 1. The van der Waals surface area contributed by atoms with Crippen LogP contribution in [0.25, 0.3) is 0 Å². The fraction of sp³-hybridized carbons (Fsp3) is 0.200. The van der Waals surface area contributed by atoms with Gasteiger partial charge >= 0.3 is 0 Å². The van der Waals surface area contributed by atoms with E-state index < -0.39 is 10.0 Å². The maximum Gasteiger partial charge on any atom is 0.240 e. The molecule has 1 N–H and O–H groups in total. The Morgan fingerprint density at radius 2 is 1.81 bits per heavy atom. The third kappa shape index (κ3) is 5.36. The van der Waals surface area contributed by atoms with Crippen LogP contribution in [-0.4, -0.2) is 20.7 Å². The molecule has 0 amide bonds. The van der Waals surface area contributed by atoms with Crippen LogP contribution in [0.1, 0.15) is 5.56 Å². The first-order valence-electron chi connectivity index (χ1n) is 6.45. The minimum atomic E-state index is -3.40. The molecule has 2 aromatic rings. The van der Waals surface area contributed by atoms with Gasteiger partial charge < -0.3 is 0 Å². The van der Waals surface area contributed by atoms with Crippen molar-refractivity contribution in [1.82, 2.24) is 4.72 Å². The fourth-order valence-electron chi connectivity index (χ4n) is 1.75. The predicted molar refractivity (Wildman–Crippen MR) is 89.2 cm³/mol. The summed E-state index contributed by atoms with van der Waals surface area (Å²) >= 11 is 7.58. The lowest BCUT2D eigenvalue weighted by atomic mass is 10.2. The van der Waals surface area contributed by atoms with Crippen molar-refractivity contribution in [3.63, 3.8) is 0 Å². The van der Waals surface area contributed by atoms with E-state index in [9.17, 15) is 8.42 Å². The predicted octanol–water partition coefficient (Wildman–Crippen LogP) is 3.55. The third-order valence-electron chi connectivity index (χ3n) is 2.75. The van der Waals surface area contributed by atoms with Crippen molar-refractivity contribution in [1.29, 1.82) is 0 Å². The molecular formula is C15H16ClNO2S2. The minimum Gasteiger partial charge on any atom is -0.210 e. The lowest BCUT2D eigenvalue weighted by molar-refractivity contribution is 0.584. The average molecular weight is 342 g/mol. The smallest absolute Gasteiger partial charge is 0.210 e. The van der Waals surface area contributed by atoms with E-state index in [2.05, 4.69) is 4.72 Å². The molecule has 0 bridgehead atoms. The Hall–Kier alpha value is -1.01. The molecule has 112 valence electrons. The van der Waals surface area contributed by atoms with Gasteiger partial charge in [-0.05, 0) is 29.8 Å². The van der Waals surface area contributed by atoms with Crippen molar-refractivity contribution in [3.8, 4) is 0 Å². The number of rotatable bonds is 7. The summed E-state index contributed by atoms with van der Waals surface area (Å²) in [5.74, 6) is 1.52. The van der Waals surface area contributed by atoms with Crippen LogP contribution < -0.4 is 4.72 Å². The van der Waals surface area contributed by atoms with Gasteiger partial charge in [0.15, 0.2) is 0 Å². The first kappa shape index (κ1) is 16.4. The third-order valence-corrected chi connectivity index (χ3v) is 5.49. The van der Waals surface area contributed by atoms with Crippen molar-refractivity contribution in [2.24, 2.45) is 0 Å². The summed E-state index contributed by atoms with van der Waals surface area (Å²) in [5, 5.41) is 0.720. The zero-order valence-corrected chi connectivity index (χ0v) is 13.7. The standard InChI is InChI=1S/C15H16ClNO2S2/c16-14-6-4-5-13(11-14)12-20-10-9-17-21(18,19)15-7-2-1-3-8-15/h1-8,11,17H,9-10,12H2. The Morgan fingerprint density at radius 1 is 1.05 bits per heavy atom. The second-order valence-electron chi connectivity index (χ2n) is 4.39. The molecule has 0 aliphatic rings. The molecular weight excluding hydrogens is 326 g/mol. The average Bonchev–Trinajstić information content (AvgIpc) is 2.48. The summed E-state index contributed by atoms with van der Waals surface area (Å²) in [7, 11) is -3.40. The van der Waals surface area contributed by atoms with Crippen LogP contribution in [0.5, 0.6) is 0 Å². The normalized spacial score (nSPS) is 11.5. The van der Waals surface area contributed by atoms with Crippen LogP contribution >= 0.6 is 23.4 Å². The summed E-state index contributed by atoms with van der Waals surface area (Å²) < 4.78 is 26.5. The van der Waals surface area contributed by atoms with E-state index in [0.717, 1.165) is 16.3 Å². The van der Waals surface area contributed by atoms with Crippen molar-refractivity contribution in [3.05, 3.63) is 65.2 Å². The van der Waals surface area contributed by atoms with Crippen LogP contribution in [0.15, 0.2) is 59.5 Å². The summed E-state index contributed by atoms with van der Waals surface area (Å²) in [6.07, 6.45) is 0. The van der Waals surface area contributed by atoms with Crippen LogP contribution in [0.4, 0.5) is 0 Å². The van der Waals surface area contributed by atoms with Gasteiger partial charge in [0.2, 0.25) is 10.0 Å². The Kier molecular flexibility index (Phi) is 6.11. The van der Waals surface area contributed by atoms with E-state index in [0.29, 0.717) is 17.2 Å². The van der Waals surface area contributed by atoms with Gasteiger partial charge in [0.1, 0.15) is 0 Å². The molecule has 0 atom stereocenters. The Balaban J connectivity index is 1.75. The van der Waals surface area contributed by atoms with Gasteiger partial charge in [-0.15, -0.1) is 0 Å². The highest BCUT2D eigenvalue weighted by molar-refractivity contribution is 7.98. The van der Waals surface area contributed by atoms with Crippen molar-refractivity contribution < 1.29 is 8.42 Å². The summed E-state index contributed by atoms with van der Waals surface area (Å²) in [6.45, 7) is 0.405. The largest absolute Gasteiger partial charge is 0.240 e. The van der Waals surface area contributed by atoms with E-state index in [1.807, 2.05) is 24.3 Å². The Morgan fingerprint density at radius 3 is 2.52 bits per heavy atom. The lowest BCUT2D eigenvalue weighted by Gasteiger charge is -2.06. The molecule has 2 rings (SSSR count). The SMILES string of the molecule is O=S(=O)(NCCSCc1cccc(Cl)c1)c1ccccc1. The Bertz CT molecular complexity index is 675. The molecule has 3 nitrogen and oxygen atoms in total. The van der Waals surface area contributed by atoms with Gasteiger partial charge in [0.05, 0.1) is 4.90 Å². The van der Waals surface area contributed by atoms with Gasteiger partial charge in [-0.1, -0.05) is 41.9 Å². The van der Waals surface area contributed by atoms with E-state index >= 15 is 0 Å². The molecule has 6 heteroatoms. The highest BCUT2D eigenvalue weighted by Crippen LogP contribution is 2.16. The van der Waals surface area contributed by atoms with Crippen LogP contribution in [0, 0.1) is 0 Å². The quantitative estimate of drug-likeness (QED) is 0.783. The van der Waals surface area contributed by atoms with Gasteiger partial charge in [0, 0.05) is 23.1 Å². The minimum absolute atomic E-state index is 0.296. The number of nitrogens with one attached hydrogen (secondary N) is 1. The van der Waals surface area contributed by atoms with E-state index in [-0.39, 0.29) is 0 Å². The van der Waals surface area contributed by atoms with E-state index in [4.69, 9.17) is 11.6 Å². The molecule has 0 spiro atoms. The first-order valence-corrected chi connectivity index (χ1v) is 9.46. The van der Waals surface area contributed by atoms with Crippen molar-refractivity contribution in [2.75, 3.05) is 12.3 Å². The maximum absolute atomic E-state index is 12.0. The summed E-state index contributed by atoms with van der Waals surface area (Å²) in [4.78, 5) is 0.296. The zero-order chi connectivity index (χ0) is 15.1. The van der Waals surface area contributed by atoms with Crippen LogP contribution in [0.3, 0.4) is 0 Å². The second-order valence-corrected chi connectivity index (χ2v) is 7.70. The number of benzene rings is 2. The Labute approximate surface area is 134 Å². The number of hydrogen-bond acceptors (Lipinski definition) is 3. The summed E-state index contributed by atoms with van der Waals surface area (Å²) in [6, 6.07) is 16.1. The van der Waals surface area contributed by atoms with Gasteiger partial charge in [0.25, 0.3) is 0 Å².